The van der Waals surface area contributed by atoms with Crippen LogP contribution in [0.25, 0.3) is 0 Å². The molecule has 17 heavy (non-hydrogen) atoms. The third-order valence-corrected chi connectivity index (χ3v) is 2.15. The molecule has 0 aromatic carbocycles. The summed E-state index contributed by atoms with van der Waals surface area (Å²) in [6.07, 6.45) is 0.945. The molecular formula is C11H16O6. The highest BCUT2D eigenvalue weighted by atomic mass is 16.7. The Morgan fingerprint density at radius 2 is 2.12 bits per heavy atom. The van der Waals surface area contributed by atoms with E-state index in [1.807, 2.05) is 0 Å². The third-order valence-electron chi connectivity index (χ3n) is 2.15. The first kappa shape index (κ1) is 13.5. The van der Waals surface area contributed by atoms with Gasteiger partial charge in [0.15, 0.2) is 5.60 Å². The maximum absolute atomic E-state index is 11.3. The fourth-order valence-electron chi connectivity index (χ4n) is 1.49. The minimum atomic E-state index is -1.74. The van der Waals surface area contributed by atoms with Crippen molar-refractivity contribution in [3.8, 4) is 0 Å². The highest BCUT2D eigenvalue weighted by molar-refractivity contribution is 5.84. The smallest absolute Gasteiger partial charge is 0.338 e. The van der Waals surface area contributed by atoms with E-state index >= 15 is 0 Å². The van der Waals surface area contributed by atoms with Crippen molar-refractivity contribution in [1.29, 1.82) is 0 Å². The van der Waals surface area contributed by atoms with Gasteiger partial charge in [0.2, 0.25) is 5.79 Å². The number of carbonyl (C=O) groups excluding carboxylic acids is 2. The molecule has 1 aliphatic heterocycles. The number of carbonyl (C=O) groups is 2. The van der Waals surface area contributed by atoms with E-state index in [2.05, 4.69) is 4.74 Å². The first-order valence-corrected chi connectivity index (χ1v) is 5.10. The van der Waals surface area contributed by atoms with Crippen molar-refractivity contribution in [2.24, 2.45) is 0 Å². The normalized spacial score (nSPS) is 21.7. The number of esters is 2. The lowest BCUT2D eigenvalue weighted by Crippen LogP contribution is -2.40. The summed E-state index contributed by atoms with van der Waals surface area (Å²) in [6.45, 7) is 4.41. The van der Waals surface area contributed by atoms with Crippen molar-refractivity contribution in [3.63, 3.8) is 0 Å². The number of cyclic esters (lactones) is 1. The summed E-state index contributed by atoms with van der Waals surface area (Å²) in [4.78, 5) is 22.5. The van der Waals surface area contributed by atoms with Crippen molar-refractivity contribution in [2.45, 2.75) is 38.6 Å². The van der Waals surface area contributed by atoms with Crippen molar-refractivity contribution in [2.75, 3.05) is 7.11 Å². The van der Waals surface area contributed by atoms with Crippen LogP contribution in [0.2, 0.25) is 0 Å². The van der Waals surface area contributed by atoms with Crippen LogP contribution in [0, 0.1) is 0 Å². The summed E-state index contributed by atoms with van der Waals surface area (Å²) in [5.41, 5.74) is -1.74. The van der Waals surface area contributed by atoms with Crippen LogP contribution in [-0.2, 0) is 23.8 Å². The van der Waals surface area contributed by atoms with E-state index in [1.54, 1.807) is 13.8 Å². The lowest BCUT2D eigenvalue weighted by molar-refractivity contribution is -0.208. The Bertz CT molecular complexity index is 366. The van der Waals surface area contributed by atoms with Crippen LogP contribution in [0.1, 0.15) is 27.2 Å². The van der Waals surface area contributed by atoms with Crippen molar-refractivity contribution >= 4 is 11.9 Å². The number of rotatable bonds is 3. The molecule has 0 aromatic heterocycles. The first-order valence-electron chi connectivity index (χ1n) is 5.10. The monoisotopic (exact) mass is 244 g/mol. The highest BCUT2D eigenvalue weighted by Gasteiger charge is 2.37. The highest BCUT2D eigenvalue weighted by Crippen LogP contribution is 2.27. The van der Waals surface area contributed by atoms with E-state index in [4.69, 9.17) is 9.47 Å². The molecule has 0 bridgehead atoms. The van der Waals surface area contributed by atoms with E-state index in [0.29, 0.717) is 0 Å². The van der Waals surface area contributed by atoms with Gasteiger partial charge in [-0.3, -0.25) is 0 Å². The predicted octanol–water partition coefficient (Wildman–Crippen LogP) is 0.494. The van der Waals surface area contributed by atoms with Crippen LogP contribution < -0.4 is 0 Å². The first-order chi connectivity index (χ1) is 7.66. The molecule has 1 atom stereocenters. The molecule has 1 heterocycles. The predicted molar refractivity (Wildman–Crippen MR) is 56.6 cm³/mol. The van der Waals surface area contributed by atoms with Crippen LogP contribution in [-0.4, -0.2) is 35.5 Å². The topological polar surface area (TPSA) is 82.1 Å². The summed E-state index contributed by atoms with van der Waals surface area (Å²) in [5.74, 6) is -2.29. The van der Waals surface area contributed by atoms with Gasteiger partial charge in [-0.05, 0) is 6.92 Å². The molecule has 6 heteroatoms. The molecule has 0 amide bonds. The number of aliphatic hydroxyl groups is 1. The second-order valence-electron chi connectivity index (χ2n) is 4.48. The van der Waals surface area contributed by atoms with E-state index in [0.717, 1.165) is 6.08 Å². The van der Waals surface area contributed by atoms with E-state index < -0.39 is 23.3 Å². The molecule has 0 aliphatic carbocycles. The SMILES string of the molecule is COC(=O)C(C)(O)CC1=CC(=O)OC(C)(C)O1. The third kappa shape index (κ3) is 3.45. The summed E-state index contributed by atoms with van der Waals surface area (Å²) in [7, 11) is 1.17. The van der Waals surface area contributed by atoms with Gasteiger partial charge >= 0.3 is 11.9 Å². The van der Waals surface area contributed by atoms with Crippen LogP contribution >= 0.6 is 0 Å². The molecule has 1 aliphatic rings. The van der Waals surface area contributed by atoms with Gasteiger partial charge < -0.3 is 19.3 Å². The zero-order chi connectivity index (χ0) is 13.3. The Hall–Kier alpha value is -1.56. The summed E-state index contributed by atoms with van der Waals surface area (Å²) >= 11 is 0. The van der Waals surface area contributed by atoms with E-state index in [-0.39, 0.29) is 12.2 Å². The van der Waals surface area contributed by atoms with Gasteiger partial charge in [-0.15, -0.1) is 0 Å². The Morgan fingerprint density at radius 3 is 2.59 bits per heavy atom. The van der Waals surface area contributed by atoms with Crippen LogP contribution in [0.3, 0.4) is 0 Å². The Morgan fingerprint density at radius 1 is 1.53 bits per heavy atom. The lowest BCUT2D eigenvalue weighted by Gasteiger charge is -2.32. The number of ether oxygens (including phenoxy) is 3. The Kier molecular flexibility index (Phi) is 3.47. The average Bonchev–Trinajstić information content (AvgIpc) is 2.11. The fraction of sp³-hybridized carbons (Fsp3) is 0.636. The maximum atomic E-state index is 11.3. The fourth-order valence-corrected chi connectivity index (χ4v) is 1.49. The summed E-state index contributed by atoms with van der Waals surface area (Å²) in [6, 6.07) is 0. The van der Waals surface area contributed by atoms with Crippen LogP contribution in [0.5, 0.6) is 0 Å². The number of hydrogen-bond donors (Lipinski definition) is 1. The molecule has 1 unspecified atom stereocenters. The number of methoxy groups -OCH3 is 1. The molecule has 1 N–H and O–H groups in total. The van der Waals surface area contributed by atoms with Gasteiger partial charge in [-0.2, -0.15) is 0 Å². The molecule has 0 radical (unpaired) electrons. The van der Waals surface area contributed by atoms with Gasteiger partial charge in [-0.25, -0.2) is 9.59 Å². The largest absolute Gasteiger partial charge is 0.467 e. The second-order valence-corrected chi connectivity index (χ2v) is 4.48. The molecule has 0 aromatic rings. The zero-order valence-corrected chi connectivity index (χ0v) is 10.3. The Labute approximate surface area is 99.2 Å². The van der Waals surface area contributed by atoms with E-state index in [1.165, 1.54) is 14.0 Å². The summed E-state index contributed by atoms with van der Waals surface area (Å²) < 4.78 is 14.6. The Balaban J connectivity index is 2.82. The minimum absolute atomic E-state index is 0.155. The van der Waals surface area contributed by atoms with Gasteiger partial charge in [-0.1, -0.05) is 0 Å². The van der Waals surface area contributed by atoms with Gasteiger partial charge in [0.1, 0.15) is 5.76 Å². The van der Waals surface area contributed by atoms with Gasteiger partial charge in [0, 0.05) is 20.3 Å². The van der Waals surface area contributed by atoms with Gasteiger partial charge in [0.25, 0.3) is 0 Å². The standard InChI is InChI=1S/C11H16O6/c1-10(2)16-7(5-8(12)17-10)6-11(3,14)9(13)15-4/h5,14H,6H2,1-4H3. The van der Waals surface area contributed by atoms with Crippen LogP contribution in [0.4, 0.5) is 0 Å². The molecule has 1 rings (SSSR count). The molecule has 6 nitrogen and oxygen atoms in total. The van der Waals surface area contributed by atoms with Crippen molar-refractivity contribution in [3.05, 3.63) is 11.8 Å². The molecule has 0 spiro atoms. The molecule has 0 saturated heterocycles. The summed E-state index contributed by atoms with van der Waals surface area (Å²) in [5, 5.41) is 9.84. The van der Waals surface area contributed by atoms with Crippen molar-refractivity contribution in [1.82, 2.24) is 0 Å². The van der Waals surface area contributed by atoms with E-state index in [9.17, 15) is 14.7 Å². The molecule has 0 fully saturated rings. The maximum Gasteiger partial charge on any atom is 0.338 e. The second kappa shape index (κ2) is 4.37. The van der Waals surface area contributed by atoms with Gasteiger partial charge in [0.05, 0.1) is 13.2 Å². The van der Waals surface area contributed by atoms with Crippen molar-refractivity contribution < 1.29 is 28.9 Å². The van der Waals surface area contributed by atoms with Crippen LogP contribution in [0.15, 0.2) is 11.8 Å². The molecule has 0 saturated carbocycles. The quantitative estimate of drug-likeness (QED) is 0.728. The lowest BCUT2D eigenvalue weighted by atomic mass is 10.0. The average molecular weight is 244 g/mol. The molecular weight excluding hydrogens is 228 g/mol. The minimum Gasteiger partial charge on any atom is -0.467 e. The number of hydrogen-bond acceptors (Lipinski definition) is 6. The zero-order valence-electron chi connectivity index (χ0n) is 10.3. The molecule has 96 valence electrons.